The van der Waals surface area contributed by atoms with Crippen molar-refractivity contribution in [1.29, 1.82) is 0 Å². The number of carbonyl (C=O) groups excluding carboxylic acids is 2. The first-order valence-corrected chi connectivity index (χ1v) is 15.8. The summed E-state index contributed by atoms with van der Waals surface area (Å²) in [6.45, 7) is 13.4. The molecule has 0 amide bonds. The Morgan fingerprint density at radius 1 is 0.930 bits per heavy atom. The quantitative estimate of drug-likeness (QED) is 0.257. The average molecular weight is 591 g/mol. The second kappa shape index (κ2) is 9.72. The molecule has 0 aliphatic heterocycles. The van der Waals surface area contributed by atoms with Crippen molar-refractivity contribution in [3.63, 3.8) is 0 Å². The molecule has 0 bridgehead atoms. The summed E-state index contributed by atoms with van der Waals surface area (Å²) in [5.74, 6) is 0.399. The van der Waals surface area contributed by atoms with Crippen molar-refractivity contribution in [1.82, 2.24) is 0 Å². The van der Waals surface area contributed by atoms with Crippen LogP contribution in [-0.4, -0.2) is 34.2 Å². The minimum atomic E-state index is -0.765. The molecular formula is C36H46O7. The molecule has 0 radical (unpaired) electrons. The minimum Gasteiger partial charge on any atom is -0.504 e. The van der Waals surface area contributed by atoms with Crippen molar-refractivity contribution in [2.24, 2.45) is 34.0 Å². The van der Waals surface area contributed by atoms with E-state index < -0.39 is 12.1 Å². The maximum absolute atomic E-state index is 13.1. The van der Waals surface area contributed by atoms with E-state index in [1.807, 2.05) is 0 Å². The van der Waals surface area contributed by atoms with Crippen molar-refractivity contribution in [2.75, 3.05) is 7.11 Å². The molecule has 3 unspecified atom stereocenters. The van der Waals surface area contributed by atoms with Gasteiger partial charge in [0.25, 0.3) is 0 Å². The number of aliphatic hydroxyl groups excluding tert-OH is 1. The summed E-state index contributed by atoms with van der Waals surface area (Å²) in [4.78, 5) is 25.9. The second-order valence-corrected chi connectivity index (χ2v) is 15.1. The van der Waals surface area contributed by atoms with Crippen LogP contribution in [0.3, 0.4) is 0 Å². The number of benzene rings is 2. The Hall–Kier alpha value is -3.06. The first-order chi connectivity index (χ1) is 20.1. The Balaban J connectivity index is 1.37. The van der Waals surface area contributed by atoms with Crippen LogP contribution in [-0.2, 0) is 10.2 Å². The number of methoxy groups -OCH3 is 1. The van der Waals surface area contributed by atoms with Gasteiger partial charge in [0.05, 0.1) is 18.8 Å². The highest BCUT2D eigenvalue weighted by Crippen LogP contribution is 2.75. The Morgan fingerprint density at radius 2 is 1.60 bits per heavy atom. The number of carbonyl (C=O) groups is 2. The van der Waals surface area contributed by atoms with Crippen molar-refractivity contribution >= 4 is 11.8 Å². The number of ether oxygens (including phenoxy) is 2. The Labute approximate surface area is 254 Å². The van der Waals surface area contributed by atoms with E-state index in [1.165, 1.54) is 25.3 Å². The van der Waals surface area contributed by atoms with E-state index in [-0.39, 0.29) is 62.1 Å². The van der Waals surface area contributed by atoms with E-state index in [9.17, 15) is 24.9 Å². The third-order valence-corrected chi connectivity index (χ3v) is 13.1. The van der Waals surface area contributed by atoms with Gasteiger partial charge in [0.2, 0.25) is 0 Å². The molecule has 7 nitrogen and oxygen atoms in total. The average Bonchev–Trinajstić information content (AvgIpc) is 2.95. The molecule has 0 heterocycles. The predicted octanol–water partition coefficient (Wildman–Crippen LogP) is 7.17. The molecule has 43 heavy (non-hydrogen) atoms. The van der Waals surface area contributed by atoms with Crippen LogP contribution in [0.15, 0.2) is 24.3 Å². The zero-order valence-electron chi connectivity index (χ0n) is 26.5. The number of rotatable bonds is 3. The lowest BCUT2D eigenvalue weighted by molar-refractivity contribution is -0.207. The van der Waals surface area contributed by atoms with Crippen LogP contribution in [0, 0.1) is 40.9 Å². The van der Waals surface area contributed by atoms with Gasteiger partial charge in [-0.25, -0.2) is 4.79 Å². The highest BCUT2D eigenvalue weighted by atomic mass is 16.5. The Kier molecular flexibility index (Phi) is 6.78. The monoisotopic (exact) mass is 590 g/mol. The number of ketones is 1. The normalized spacial score (nSPS) is 38.3. The third-order valence-electron chi connectivity index (χ3n) is 13.1. The molecule has 2 aromatic carbocycles. The standard InChI is InChI=1S/C36H46O7/c1-19-14-28-33(3,18-26(19)40)10-12-36(6)29-17-24(38)30-20(2)31(43-32(41)21-8-9-23(37)27(15-21)42-7)25(39)16-22(30)34(29,4)11-13-35(28,36)5/h8-9,15-16,19,24,28-29,37-39H,10-14,17-18H2,1-7H3/t19-,24?,28?,29?,33+,34+,35+,36-/m1/s1. The summed E-state index contributed by atoms with van der Waals surface area (Å²) < 4.78 is 10.9. The maximum Gasteiger partial charge on any atom is 0.343 e. The van der Waals surface area contributed by atoms with Crippen LogP contribution in [0.5, 0.6) is 23.0 Å². The molecule has 4 aliphatic rings. The summed E-state index contributed by atoms with van der Waals surface area (Å²) in [6, 6.07) is 5.90. The van der Waals surface area contributed by atoms with E-state index in [0.717, 1.165) is 43.2 Å². The molecule has 0 aromatic heterocycles. The maximum atomic E-state index is 13.1. The van der Waals surface area contributed by atoms with Crippen molar-refractivity contribution < 1.29 is 34.4 Å². The number of hydrogen-bond acceptors (Lipinski definition) is 7. The Morgan fingerprint density at radius 3 is 2.30 bits per heavy atom. The van der Waals surface area contributed by atoms with Gasteiger partial charge in [-0.1, -0.05) is 34.6 Å². The molecule has 6 rings (SSSR count). The first-order valence-electron chi connectivity index (χ1n) is 15.8. The van der Waals surface area contributed by atoms with Gasteiger partial charge < -0.3 is 24.8 Å². The van der Waals surface area contributed by atoms with Crippen LogP contribution >= 0.6 is 0 Å². The molecule has 3 saturated carbocycles. The highest BCUT2D eigenvalue weighted by Gasteiger charge is 2.68. The van der Waals surface area contributed by atoms with Crippen molar-refractivity contribution in [3.05, 3.63) is 46.5 Å². The van der Waals surface area contributed by atoms with Gasteiger partial charge in [0, 0.05) is 17.9 Å². The number of phenols is 2. The number of aliphatic hydroxyl groups is 1. The summed E-state index contributed by atoms with van der Waals surface area (Å²) in [7, 11) is 1.40. The van der Waals surface area contributed by atoms with Crippen LogP contribution in [0.1, 0.15) is 113 Å². The largest absolute Gasteiger partial charge is 0.504 e. The van der Waals surface area contributed by atoms with Gasteiger partial charge in [-0.15, -0.1) is 0 Å². The fraction of sp³-hybridized carbons (Fsp3) is 0.611. The number of phenolic OH excluding ortho intramolecular Hbond substituents is 2. The van der Waals surface area contributed by atoms with Crippen molar-refractivity contribution in [2.45, 2.75) is 98.0 Å². The van der Waals surface area contributed by atoms with Crippen LogP contribution in [0.25, 0.3) is 0 Å². The zero-order chi connectivity index (χ0) is 31.3. The second-order valence-electron chi connectivity index (χ2n) is 15.1. The SMILES string of the molecule is COc1cc(C(=O)Oc2c(O)cc3c(c2C)C(O)CC2[C@@]3(C)CC[C@@]3(C)C4C[C@@H](C)C(=O)C[C@]4(C)CC[C@]23C)ccc1O. The summed E-state index contributed by atoms with van der Waals surface area (Å²) >= 11 is 0. The molecule has 4 aliphatic carbocycles. The van der Waals surface area contributed by atoms with Crippen LogP contribution in [0.2, 0.25) is 0 Å². The number of fused-ring (bicyclic) bond motifs is 7. The summed E-state index contributed by atoms with van der Waals surface area (Å²) in [6.07, 6.45) is 5.40. The lowest BCUT2D eigenvalue weighted by Crippen LogP contribution is -2.65. The predicted molar refractivity (Wildman–Crippen MR) is 163 cm³/mol. The number of Topliss-reactive ketones (excluding diaryl/α,β-unsaturated/α-hetero) is 1. The van der Waals surface area contributed by atoms with Gasteiger partial charge in [0.15, 0.2) is 23.0 Å². The summed E-state index contributed by atoms with van der Waals surface area (Å²) in [5, 5.41) is 33.0. The van der Waals surface area contributed by atoms with E-state index in [2.05, 4.69) is 34.6 Å². The van der Waals surface area contributed by atoms with Gasteiger partial charge >= 0.3 is 5.97 Å². The van der Waals surface area contributed by atoms with E-state index >= 15 is 0 Å². The Bertz CT molecular complexity index is 1510. The molecule has 2 aromatic rings. The van der Waals surface area contributed by atoms with E-state index in [1.54, 1.807) is 13.0 Å². The molecule has 7 heteroatoms. The van der Waals surface area contributed by atoms with E-state index in [0.29, 0.717) is 30.1 Å². The molecule has 232 valence electrons. The van der Waals surface area contributed by atoms with Gasteiger partial charge in [-0.2, -0.15) is 0 Å². The molecule has 3 N–H and O–H groups in total. The van der Waals surface area contributed by atoms with Crippen LogP contribution < -0.4 is 9.47 Å². The fourth-order valence-corrected chi connectivity index (χ4v) is 10.4. The molecule has 0 saturated heterocycles. The topological polar surface area (TPSA) is 113 Å². The van der Waals surface area contributed by atoms with Crippen molar-refractivity contribution in [3.8, 4) is 23.0 Å². The molecule has 0 spiro atoms. The van der Waals surface area contributed by atoms with Gasteiger partial charge in [-0.3, -0.25) is 4.79 Å². The van der Waals surface area contributed by atoms with Crippen LogP contribution in [0.4, 0.5) is 0 Å². The highest BCUT2D eigenvalue weighted by molar-refractivity contribution is 5.92. The fourth-order valence-electron chi connectivity index (χ4n) is 10.4. The van der Waals surface area contributed by atoms with E-state index in [4.69, 9.17) is 9.47 Å². The summed E-state index contributed by atoms with van der Waals surface area (Å²) in [5.41, 5.74) is 2.16. The third kappa shape index (κ3) is 4.09. The lowest BCUT2D eigenvalue weighted by atomic mass is 9.33. The number of aromatic hydroxyl groups is 2. The first kappa shape index (κ1) is 30.0. The minimum absolute atomic E-state index is 0.0198. The smallest absolute Gasteiger partial charge is 0.343 e. The number of esters is 1. The molecule has 8 atom stereocenters. The molecule has 3 fully saturated rings. The zero-order valence-corrected chi connectivity index (χ0v) is 26.5. The molecular weight excluding hydrogens is 544 g/mol. The van der Waals surface area contributed by atoms with Gasteiger partial charge in [-0.05, 0) is 114 Å². The van der Waals surface area contributed by atoms with Gasteiger partial charge in [0.1, 0.15) is 5.78 Å². The number of hydrogen-bond donors (Lipinski definition) is 3. The lowest BCUT2D eigenvalue weighted by Gasteiger charge is -2.71.